The van der Waals surface area contributed by atoms with Gasteiger partial charge in [0.1, 0.15) is 11.4 Å². The molecule has 1 amide bonds. The second kappa shape index (κ2) is 6.55. The van der Waals surface area contributed by atoms with Gasteiger partial charge in [-0.1, -0.05) is 18.2 Å². The van der Waals surface area contributed by atoms with Gasteiger partial charge in [-0.25, -0.2) is 4.79 Å². The molecule has 25 heavy (non-hydrogen) atoms. The fourth-order valence-electron chi connectivity index (χ4n) is 2.45. The molecule has 1 N–H and O–H groups in total. The number of carbonyl (C=O) groups excluding carboxylic acids is 1. The molecular formula is C19H21NO5. The zero-order valence-corrected chi connectivity index (χ0v) is 14.5. The molecule has 1 heterocycles. The van der Waals surface area contributed by atoms with E-state index in [2.05, 4.69) is 0 Å². The standard InChI is InChI=1S/C19H21NO5/c1-19(2,3)25-18(22)20(11-13-6-4-5-7-15(13)21)14-8-9-16-17(10-14)24-12-23-16/h4-10,21H,11-12H2,1-3H3. The second-order valence-electron chi connectivity index (χ2n) is 6.73. The summed E-state index contributed by atoms with van der Waals surface area (Å²) in [5.41, 5.74) is 0.581. The van der Waals surface area contributed by atoms with Crippen molar-refractivity contribution < 1.29 is 24.1 Å². The maximum absolute atomic E-state index is 12.7. The van der Waals surface area contributed by atoms with Crippen LogP contribution in [0.25, 0.3) is 0 Å². The van der Waals surface area contributed by atoms with Crippen molar-refractivity contribution in [1.82, 2.24) is 0 Å². The summed E-state index contributed by atoms with van der Waals surface area (Å²) >= 11 is 0. The molecule has 0 bridgehead atoms. The van der Waals surface area contributed by atoms with Gasteiger partial charge in [0.2, 0.25) is 6.79 Å². The molecule has 0 aliphatic carbocycles. The van der Waals surface area contributed by atoms with Gasteiger partial charge >= 0.3 is 6.09 Å². The van der Waals surface area contributed by atoms with Crippen molar-refractivity contribution in [3.8, 4) is 17.2 Å². The molecule has 0 atom stereocenters. The minimum atomic E-state index is -0.635. The van der Waals surface area contributed by atoms with Gasteiger partial charge in [0.15, 0.2) is 11.5 Å². The highest BCUT2D eigenvalue weighted by Gasteiger charge is 2.26. The molecule has 0 unspecified atom stereocenters. The van der Waals surface area contributed by atoms with Crippen LogP contribution in [0.15, 0.2) is 42.5 Å². The first kappa shape index (κ1) is 17.0. The summed E-state index contributed by atoms with van der Waals surface area (Å²) in [5.74, 6) is 1.33. The molecule has 1 aliphatic rings. The number of para-hydroxylation sites is 1. The van der Waals surface area contributed by atoms with Gasteiger partial charge in [-0.2, -0.15) is 0 Å². The van der Waals surface area contributed by atoms with E-state index in [1.807, 2.05) is 26.8 Å². The van der Waals surface area contributed by atoms with Gasteiger partial charge < -0.3 is 19.3 Å². The third-order valence-electron chi connectivity index (χ3n) is 3.60. The highest BCUT2D eigenvalue weighted by molar-refractivity contribution is 5.88. The largest absolute Gasteiger partial charge is 0.508 e. The summed E-state index contributed by atoms with van der Waals surface area (Å²) in [5, 5.41) is 10.1. The van der Waals surface area contributed by atoms with Crippen molar-refractivity contribution >= 4 is 11.8 Å². The molecule has 0 saturated carbocycles. The number of benzene rings is 2. The van der Waals surface area contributed by atoms with E-state index < -0.39 is 11.7 Å². The monoisotopic (exact) mass is 343 g/mol. The second-order valence-corrected chi connectivity index (χ2v) is 6.73. The van der Waals surface area contributed by atoms with Crippen LogP contribution in [0.4, 0.5) is 10.5 Å². The normalized spacial score (nSPS) is 12.8. The van der Waals surface area contributed by atoms with Crippen molar-refractivity contribution in [2.24, 2.45) is 0 Å². The van der Waals surface area contributed by atoms with E-state index in [0.29, 0.717) is 22.7 Å². The average Bonchev–Trinajstić information content (AvgIpc) is 2.99. The Labute approximate surface area is 146 Å². The molecule has 0 saturated heterocycles. The first-order valence-corrected chi connectivity index (χ1v) is 8.00. The van der Waals surface area contributed by atoms with E-state index in [0.717, 1.165) is 0 Å². The fraction of sp³-hybridized carbons (Fsp3) is 0.316. The van der Waals surface area contributed by atoms with Crippen LogP contribution in [0.3, 0.4) is 0 Å². The molecule has 6 nitrogen and oxygen atoms in total. The van der Waals surface area contributed by atoms with Crippen LogP contribution < -0.4 is 14.4 Å². The minimum Gasteiger partial charge on any atom is -0.508 e. The lowest BCUT2D eigenvalue weighted by Crippen LogP contribution is -2.36. The number of rotatable bonds is 3. The van der Waals surface area contributed by atoms with Crippen LogP contribution >= 0.6 is 0 Å². The Morgan fingerprint density at radius 2 is 1.88 bits per heavy atom. The molecule has 2 aromatic carbocycles. The Balaban J connectivity index is 1.94. The summed E-state index contributed by atoms with van der Waals surface area (Å²) in [4.78, 5) is 14.2. The number of ether oxygens (including phenoxy) is 3. The van der Waals surface area contributed by atoms with Crippen molar-refractivity contribution in [1.29, 1.82) is 0 Å². The minimum absolute atomic E-state index is 0.122. The van der Waals surface area contributed by atoms with E-state index in [9.17, 15) is 9.90 Å². The number of hydrogen-bond acceptors (Lipinski definition) is 5. The van der Waals surface area contributed by atoms with Gasteiger partial charge in [-0.3, -0.25) is 4.90 Å². The number of anilines is 1. The molecule has 3 rings (SSSR count). The van der Waals surface area contributed by atoms with E-state index >= 15 is 0 Å². The van der Waals surface area contributed by atoms with Crippen molar-refractivity contribution in [2.75, 3.05) is 11.7 Å². The van der Waals surface area contributed by atoms with Crippen LogP contribution in [0.5, 0.6) is 17.2 Å². The number of nitrogens with zero attached hydrogens (tertiary/aromatic N) is 1. The van der Waals surface area contributed by atoms with Crippen LogP contribution in [0, 0.1) is 0 Å². The highest BCUT2D eigenvalue weighted by atomic mass is 16.7. The number of amides is 1. The number of fused-ring (bicyclic) bond motifs is 1. The Kier molecular flexibility index (Phi) is 4.44. The molecule has 0 fully saturated rings. The Bertz CT molecular complexity index is 782. The van der Waals surface area contributed by atoms with Gasteiger partial charge in [0.05, 0.1) is 12.2 Å². The molecule has 2 aromatic rings. The Morgan fingerprint density at radius 1 is 1.16 bits per heavy atom. The number of hydrogen-bond donors (Lipinski definition) is 1. The zero-order valence-electron chi connectivity index (χ0n) is 14.5. The maximum atomic E-state index is 12.7. The molecule has 0 radical (unpaired) electrons. The number of carbonyl (C=O) groups is 1. The lowest BCUT2D eigenvalue weighted by atomic mass is 10.1. The number of aromatic hydroxyl groups is 1. The third-order valence-corrected chi connectivity index (χ3v) is 3.60. The molecular weight excluding hydrogens is 322 g/mol. The molecule has 1 aliphatic heterocycles. The molecule has 0 spiro atoms. The predicted molar refractivity (Wildman–Crippen MR) is 93.1 cm³/mol. The van der Waals surface area contributed by atoms with Gasteiger partial charge in [0, 0.05) is 11.6 Å². The Hall–Kier alpha value is -2.89. The summed E-state index contributed by atoms with van der Waals surface area (Å²) in [6.07, 6.45) is -0.505. The first-order chi connectivity index (χ1) is 11.8. The van der Waals surface area contributed by atoms with E-state index in [1.54, 1.807) is 36.4 Å². The van der Waals surface area contributed by atoms with Gasteiger partial charge in [-0.05, 0) is 39.0 Å². The predicted octanol–water partition coefficient (Wildman–Crippen LogP) is 4.06. The van der Waals surface area contributed by atoms with Gasteiger partial charge in [0.25, 0.3) is 0 Å². The smallest absolute Gasteiger partial charge is 0.415 e. The lowest BCUT2D eigenvalue weighted by molar-refractivity contribution is 0.0577. The Morgan fingerprint density at radius 3 is 2.60 bits per heavy atom. The number of phenols is 1. The average molecular weight is 343 g/mol. The summed E-state index contributed by atoms with van der Waals surface area (Å²) in [6.45, 7) is 5.75. The van der Waals surface area contributed by atoms with Crippen LogP contribution in [0.2, 0.25) is 0 Å². The SMILES string of the molecule is CC(C)(C)OC(=O)N(Cc1ccccc1O)c1ccc2c(c1)OCO2. The van der Waals surface area contributed by atoms with Crippen LogP contribution in [-0.4, -0.2) is 23.6 Å². The lowest BCUT2D eigenvalue weighted by Gasteiger charge is -2.28. The maximum Gasteiger partial charge on any atom is 0.415 e. The van der Waals surface area contributed by atoms with E-state index in [1.165, 1.54) is 4.90 Å². The summed E-state index contributed by atoms with van der Waals surface area (Å²) in [6, 6.07) is 12.1. The zero-order chi connectivity index (χ0) is 18.0. The highest BCUT2D eigenvalue weighted by Crippen LogP contribution is 2.36. The summed E-state index contributed by atoms with van der Waals surface area (Å²) < 4.78 is 16.2. The number of phenolic OH excluding ortho intramolecular Hbond substituents is 1. The molecule has 0 aromatic heterocycles. The van der Waals surface area contributed by atoms with Crippen molar-refractivity contribution in [3.63, 3.8) is 0 Å². The van der Waals surface area contributed by atoms with Crippen LogP contribution in [-0.2, 0) is 11.3 Å². The van der Waals surface area contributed by atoms with E-state index in [4.69, 9.17) is 14.2 Å². The first-order valence-electron chi connectivity index (χ1n) is 8.00. The molecule has 132 valence electrons. The van der Waals surface area contributed by atoms with Crippen LogP contribution in [0.1, 0.15) is 26.3 Å². The topological polar surface area (TPSA) is 68.2 Å². The van der Waals surface area contributed by atoms with Gasteiger partial charge in [-0.15, -0.1) is 0 Å². The third kappa shape index (κ3) is 3.96. The summed E-state index contributed by atoms with van der Waals surface area (Å²) in [7, 11) is 0. The molecule has 6 heteroatoms. The van der Waals surface area contributed by atoms with Crippen molar-refractivity contribution in [2.45, 2.75) is 32.9 Å². The fourth-order valence-corrected chi connectivity index (χ4v) is 2.45. The quantitative estimate of drug-likeness (QED) is 0.910. The van der Waals surface area contributed by atoms with E-state index in [-0.39, 0.29) is 19.1 Å². The van der Waals surface area contributed by atoms with Crippen molar-refractivity contribution in [3.05, 3.63) is 48.0 Å².